The molecule has 15 heavy (non-hydrogen) atoms. The van der Waals surface area contributed by atoms with Crippen molar-refractivity contribution in [2.24, 2.45) is 5.73 Å². The van der Waals surface area contributed by atoms with E-state index in [0.717, 1.165) is 13.1 Å². The summed E-state index contributed by atoms with van der Waals surface area (Å²) in [4.78, 5) is 2.24. The molecule has 5 nitrogen and oxygen atoms in total. The molecule has 0 aliphatic carbocycles. The lowest BCUT2D eigenvalue weighted by Crippen LogP contribution is -2.53. The van der Waals surface area contributed by atoms with E-state index in [2.05, 4.69) is 11.8 Å². The van der Waals surface area contributed by atoms with Gasteiger partial charge in [-0.25, -0.2) is 8.42 Å². The smallest absolute Gasteiger partial charge is 0.213 e. The van der Waals surface area contributed by atoms with E-state index in [1.807, 2.05) is 0 Å². The van der Waals surface area contributed by atoms with Crippen molar-refractivity contribution in [3.8, 4) is 0 Å². The summed E-state index contributed by atoms with van der Waals surface area (Å²) in [6.07, 6.45) is 0. The summed E-state index contributed by atoms with van der Waals surface area (Å²) in [7, 11) is -3.00. The van der Waals surface area contributed by atoms with Gasteiger partial charge in [0, 0.05) is 38.8 Å². The fourth-order valence-corrected chi connectivity index (χ4v) is 2.84. The zero-order chi connectivity index (χ0) is 11.5. The zero-order valence-electron chi connectivity index (χ0n) is 9.52. The van der Waals surface area contributed by atoms with E-state index in [1.54, 1.807) is 11.2 Å². The number of nitrogens with zero attached hydrogens (tertiary/aromatic N) is 2. The Balaban J connectivity index is 2.49. The molecule has 0 saturated carbocycles. The average molecular weight is 235 g/mol. The van der Waals surface area contributed by atoms with E-state index in [1.165, 1.54) is 0 Å². The third kappa shape index (κ3) is 3.14. The van der Waals surface area contributed by atoms with Gasteiger partial charge in [-0.1, -0.05) is 0 Å². The van der Waals surface area contributed by atoms with Crippen LogP contribution in [0.2, 0.25) is 0 Å². The van der Waals surface area contributed by atoms with Crippen molar-refractivity contribution >= 4 is 10.0 Å². The van der Waals surface area contributed by atoms with Crippen molar-refractivity contribution in [2.45, 2.75) is 19.9 Å². The van der Waals surface area contributed by atoms with Crippen LogP contribution in [0.3, 0.4) is 0 Å². The number of hydrogen-bond acceptors (Lipinski definition) is 4. The van der Waals surface area contributed by atoms with Gasteiger partial charge in [-0.15, -0.1) is 0 Å². The van der Waals surface area contributed by atoms with Gasteiger partial charge in [0.1, 0.15) is 0 Å². The van der Waals surface area contributed by atoms with E-state index < -0.39 is 10.0 Å². The lowest BCUT2D eigenvalue weighted by molar-refractivity contribution is 0.149. The minimum atomic E-state index is -3.00. The Bertz CT molecular complexity index is 284. The molecule has 1 saturated heterocycles. The highest BCUT2D eigenvalue weighted by molar-refractivity contribution is 7.89. The van der Waals surface area contributed by atoms with Gasteiger partial charge in [0.05, 0.1) is 5.75 Å². The van der Waals surface area contributed by atoms with Crippen LogP contribution >= 0.6 is 0 Å². The van der Waals surface area contributed by atoms with E-state index in [0.29, 0.717) is 25.7 Å². The van der Waals surface area contributed by atoms with Crippen LogP contribution in [0.15, 0.2) is 0 Å². The molecule has 1 aliphatic heterocycles. The second-order valence-electron chi connectivity index (χ2n) is 3.92. The Morgan fingerprint density at radius 1 is 1.27 bits per heavy atom. The first kappa shape index (κ1) is 12.9. The van der Waals surface area contributed by atoms with Crippen LogP contribution in [0.25, 0.3) is 0 Å². The minimum Gasteiger partial charge on any atom is -0.329 e. The highest BCUT2D eigenvalue weighted by atomic mass is 32.2. The molecule has 6 heteroatoms. The Morgan fingerprint density at radius 2 is 1.80 bits per heavy atom. The molecule has 1 heterocycles. The summed E-state index contributed by atoms with van der Waals surface area (Å²) >= 11 is 0. The van der Waals surface area contributed by atoms with Crippen LogP contribution in [0, 0.1) is 0 Å². The van der Waals surface area contributed by atoms with Gasteiger partial charge in [0.2, 0.25) is 10.0 Å². The van der Waals surface area contributed by atoms with Gasteiger partial charge in [-0.3, -0.25) is 4.90 Å². The number of rotatable bonds is 4. The van der Waals surface area contributed by atoms with Gasteiger partial charge < -0.3 is 5.73 Å². The normalized spacial score (nSPS) is 22.9. The molecule has 1 rings (SSSR count). The van der Waals surface area contributed by atoms with Crippen molar-refractivity contribution in [1.29, 1.82) is 0 Å². The number of hydrogen-bond donors (Lipinski definition) is 1. The predicted octanol–water partition coefficient (Wildman–Crippen LogP) is -0.699. The van der Waals surface area contributed by atoms with Gasteiger partial charge in [0.25, 0.3) is 0 Å². The Labute approximate surface area is 92.3 Å². The summed E-state index contributed by atoms with van der Waals surface area (Å²) in [5.74, 6) is 0.194. The summed E-state index contributed by atoms with van der Waals surface area (Å²) in [5.41, 5.74) is 5.58. The highest BCUT2D eigenvalue weighted by Gasteiger charge is 2.26. The van der Waals surface area contributed by atoms with Crippen molar-refractivity contribution < 1.29 is 8.42 Å². The van der Waals surface area contributed by atoms with E-state index in [9.17, 15) is 8.42 Å². The first-order valence-corrected chi connectivity index (χ1v) is 7.04. The fraction of sp³-hybridized carbons (Fsp3) is 1.00. The topological polar surface area (TPSA) is 66.6 Å². The Hall–Kier alpha value is -0.170. The second-order valence-corrected chi connectivity index (χ2v) is 6.18. The summed E-state index contributed by atoms with van der Waals surface area (Å²) in [6.45, 7) is 7.16. The Morgan fingerprint density at radius 3 is 2.20 bits per heavy atom. The van der Waals surface area contributed by atoms with Crippen LogP contribution in [0.4, 0.5) is 0 Å². The maximum atomic E-state index is 11.6. The molecule has 1 unspecified atom stereocenters. The lowest BCUT2D eigenvalue weighted by Gasteiger charge is -2.36. The van der Waals surface area contributed by atoms with Gasteiger partial charge in [-0.2, -0.15) is 4.31 Å². The van der Waals surface area contributed by atoms with Crippen molar-refractivity contribution in [2.75, 3.05) is 38.5 Å². The zero-order valence-corrected chi connectivity index (χ0v) is 10.3. The van der Waals surface area contributed by atoms with Crippen molar-refractivity contribution in [1.82, 2.24) is 9.21 Å². The van der Waals surface area contributed by atoms with Crippen LogP contribution < -0.4 is 5.73 Å². The van der Waals surface area contributed by atoms with Crippen LogP contribution in [0.1, 0.15) is 13.8 Å². The van der Waals surface area contributed by atoms with Crippen molar-refractivity contribution in [3.63, 3.8) is 0 Å². The predicted molar refractivity (Wildman–Crippen MR) is 61.1 cm³/mol. The molecule has 0 spiro atoms. The quantitative estimate of drug-likeness (QED) is 0.700. The summed E-state index contributed by atoms with van der Waals surface area (Å²) in [6, 6.07) is 0.344. The molecule has 0 radical (unpaired) electrons. The van der Waals surface area contributed by atoms with Crippen LogP contribution in [0.5, 0.6) is 0 Å². The standard InChI is InChI=1S/C9H21N3O2S/c1-3-15(13,14)12-6-4-11(5-7-12)9(2)8-10/h9H,3-8,10H2,1-2H3. The third-order valence-electron chi connectivity index (χ3n) is 3.00. The van der Waals surface area contributed by atoms with Crippen LogP contribution in [-0.4, -0.2) is 62.1 Å². The van der Waals surface area contributed by atoms with Gasteiger partial charge >= 0.3 is 0 Å². The second kappa shape index (κ2) is 5.25. The summed E-state index contributed by atoms with van der Waals surface area (Å²) in [5, 5.41) is 0. The fourth-order valence-electron chi connectivity index (χ4n) is 1.75. The molecule has 1 fully saturated rings. The molecule has 0 aromatic rings. The molecular formula is C9H21N3O2S. The highest BCUT2D eigenvalue weighted by Crippen LogP contribution is 2.09. The molecule has 90 valence electrons. The molecule has 1 aliphatic rings. The first-order valence-electron chi connectivity index (χ1n) is 5.43. The molecule has 0 amide bonds. The van der Waals surface area contributed by atoms with Gasteiger partial charge in [0.15, 0.2) is 0 Å². The van der Waals surface area contributed by atoms with E-state index in [-0.39, 0.29) is 5.75 Å². The molecular weight excluding hydrogens is 214 g/mol. The number of piperazine rings is 1. The third-order valence-corrected chi connectivity index (χ3v) is 4.88. The minimum absolute atomic E-state index is 0.194. The monoisotopic (exact) mass is 235 g/mol. The molecule has 0 aromatic heterocycles. The maximum Gasteiger partial charge on any atom is 0.213 e. The first-order chi connectivity index (χ1) is 7.01. The molecule has 0 aromatic carbocycles. The van der Waals surface area contributed by atoms with E-state index in [4.69, 9.17) is 5.73 Å². The van der Waals surface area contributed by atoms with E-state index >= 15 is 0 Å². The summed E-state index contributed by atoms with van der Waals surface area (Å²) < 4.78 is 24.7. The largest absolute Gasteiger partial charge is 0.329 e. The van der Waals surface area contributed by atoms with Gasteiger partial charge in [-0.05, 0) is 13.8 Å². The average Bonchev–Trinajstić information content (AvgIpc) is 2.28. The number of sulfonamides is 1. The number of nitrogens with two attached hydrogens (primary N) is 1. The maximum absolute atomic E-state index is 11.6. The molecule has 1 atom stereocenters. The molecule has 0 bridgehead atoms. The Kier molecular flexibility index (Phi) is 4.51. The van der Waals surface area contributed by atoms with Crippen molar-refractivity contribution in [3.05, 3.63) is 0 Å². The lowest BCUT2D eigenvalue weighted by atomic mass is 10.2. The van der Waals surface area contributed by atoms with Crippen LogP contribution in [-0.2, 0) is 10.0 Å². The SMILES string of the molecule is CCS(=O)(=O)N1CCN(C(C)CN)CC1. The molecule has 2 N–H and O–H groups in total.